The third kappa shape index (κ3) is 8.09. The molecule has 0 aromatic heterocycles. The third-order valence-electron chi connectivity index (χ3n) is 8.79. The van der Waals surface area contributed by atoms with E-state index in [4.69, 9.17) is 18.6 Å². The van der Waals surface area contributed by atoms with Gasteiger partial charge in [-0.05, 0) is 66.5 Å². The molecule has 0 aliphatic carbocycles. The highest BCUT2D eigenvalue weighted by Crippen LogP contribution is 2.51. The standard InChI is InChI=1S/C32H49IO6Si/c1-12-21(3)29(22(4)20-33)26(18-25(19-28(34)35)39-40(10,11)31(5,6)7)32(8)27(13-2)37-30(38-32)23-14-16-24(36-9)17-15-23/h12-17,20-21,25-27,29-30H,1-2,18-19H2,3-11H3,(H,34,35)/b22-20+/t21?,25-,26?,27+,29?,30?,32-/m1/s1. The summed E-state index contributed by atoms with van der Waals surface area (Å²) >= 11 is 2.28. The minimum Gasteiger partial charge on any atom is -0.497 e. The lowest BCUT2D eigenvalue weighted by Gasteiger charge is -2.46. The second-order valence-corrected chi connectivity index (χ2v) is 18.0. The van der Waals surface area contributed by atoms with Gasteiger partial charge in [0, 0.05) is 11.5 Å². The molecule has 1 aliphatic rings. The molecular weight excluding hydrogens is 635 g/mol. The van der Waals surface area contributed by atoms with Crippen LogP contribution in [-0.2, 0) is 18.7 Å². The molecule has 6 nitrogen and oxygen atoms in total. The molecule has 1 N–H and O–H groups in total. The van der Waals surface area contributed by atoms with Gasteiger partial charge in [-0.25, -0.2) is 0 Å². The Morgan fingerprint density at radius 3 is 2.30 bits per heavy atom. The van der Waals surface area contributed by atoms with Gasteiger partial charge in [-0.1, -0.05) is 80.1 Å². The molecule has 1 aromatic carbocycles. The fourth-order valence-corrected chi connectivity index (χ4v) is 7.17. The van der Waals surface area contributed by atoms with Crippen LogP contribution in [0.15, 0.2) is 59.2 Å². The molecule has 0 bridgehead atoms. The SMILES string of the molecule is C=CC(C)C(/C(C)=C/I)C(C[C@H](CC(=O)O)O[Si](C)(C)C(C)(C)C)[C@@]1(C)OC(c2ccc(OC)cc2)O[C@H]1C=C. The van der Waals surface area contributed by atoms with E-state index in [1.54, 1.807) is 13.2 Å². The molecule has 1 aliphatic heterocycles. The number of hydrogen-bond acceptors (Lipinski definition) is 5. The average molecular weight is 685 g/mol. The van der Waals surface area contributed by atoms with Gasteiger partial charge in [-0.2, -0.15) is 0 Å². The van der Waals surface area contributed by atoms with E-state index in [1.165, 1.54) is 5.57 Å². The highest BCUT2D eigenvalue weighted by Gasteiger charge is 2.54. The quantitative estimate of drug-likeness (QED) is 0.120. The monoisotopic (exact) mass is 684 g/mol. The summed E-state index contributed by atoms with van der Waals surface area (Å²) in [7, 11) is -0.640. The van der Waals surface area contributed by atoms with Gasteiger partial charge in [0.15, 0.2) is 14.6 Å². The molecule has 8 heteroatoms. The number of aliphatic carboxylic acids is 1. The molecule has 0 saturated carbocycles. The van der Waals surface area contributed by atoms with Crippen LogP contribution in [0.25, 0.3) is 0 Å². The summed E-state index contributed by atoms with van der Waals surface area (Å²) in [5.41, 5.74) is 1.24. The lowest BCUT2D eigenvalue weighted by atomic mass is 9.66. The number of allylic oxidation sites excluding steroid dienone is 2. The van der Waals surface area contributed by atoms with Crippen LogP contribution in [0.5, 0.6) is 5.75 Å². The van der Waals surface area contributed by atoms with Crippen molar-refractivity contribution in [1.29, 1.82) is 0 Å². The number of carbonyl (C=O) groups is 1. The van der Waals surface area contributed by atoms with E-state index in [1.807, 2.05) is 30.3 Å². The van der Waals surface area contributed by atoms with Crippen LogP contribution < -0.4 is 4.74 Å². The van der Waals surface area contributed by atoms with Crippen molar-refractivity contribution >= 4 is 36.9 Å². The van der Waals surface area contributed by atoms with E-state index in [0.29, 0.717) is 6.42 Å². The number of halogens is 1. The minimum atomic E-state index is -2.28. The molecule has 1 fully saturated rings. The van der Waals surface area contributed by atoms with Gasteiger partial charge in [0.1, 0.15) is 17.5 Å². The first-order valence-electron chi connectivity index (χ1n) is 13.9. The molecule has 224 valence electrons. The van der Waals surface area contributed by atoms with E-state index in [0.717, 1.165) is 11.3 Å². The summed E-state index contributed by atoms with van der Waals surface area (Å²) in [5.74, 6) is -0.168. The van der Waals surface area contributed by atoms with E-state index in [2.05, 4.69) is 94.5 Å². The van der Waals surface area contributed by atoms with E-state index < -0.39 is 38.4 Å². The number of hydrogen-bond donors (Lipinski definition) is 1. The van der Waals surface area contributed by atoms with E-state index in [9.17, 15) is 9.90 Å². The fourth-order valence-electron chi connectivity index (χ4n) is 5.39. The lowest BCUT2D eigenvalue weighted by molar-refractivity contribution is -0.141. The largest absolute Gasteiger partial charge is 0.497 e. The molecule has 1 aromatic rings. The summed E-state index contributed by atoms with van der Waals surface area (Å²) in [6.45, 7) is 25.4. The number of rotatable bonds is 14. The Morgan fingerprint density at radius 1 is 1.25 bits per heavy atom. The summed E-state index contributed by atoms with van der Waals surface area (Å²) in [6.07, 6.45) is 2.65. The summed E-state index contributed by atoms with van der Waals surface area (Å²) in [5, 5.41) is 9.87. The first kappa shape index (κ1) is 34.7. The van der Waals surface area contributed by atoms with Crippen LogP contribution in [0.2, 0.25) is 18.1 Å². The normalized spacial score (nSPS) is 25.1. The first-order valence-corrected chi connectivity index (χ1v) is 18.1. The molecule has 40 heavy (non-hydrogen) atoms. The number of benzene rings is 1. The maximum Gasteiger partial charge on any atom is 0.305 e. The number of carboxylic acid groups (broad SMARTS) is 1. The second-order valence-electron chi connectivity index (χ2n) is 12.6. The fraction of sp³-hybridized carbons (Fsp3) is 0.594. The Hall–Kier alpha value is -1.46. The van der Waals surface area contributed by atoms with Crippen molar-refractivity contribution in [2.45, 2.75) is 96.6 Å². The molecule has 4 unspecified atom stereocenters. The van der Waals surface area contributed by atoms with Crippen LogP contribution in [0, 0.1) is 17.8 Å². The average Bonchev–Trinajstić information content (AvgIpc) is 3.23. The molecule has 1 saturated heterocycles. The molecule has 2 rings (SSSR count). The Kier molecular flexibility index (Phi) is 12.3. The zero-order valence-electron chi connectivity index (χ0n) is 25.7. The molecule has 1 heterocycles. The highest BCUT2D eigenvalue weighted by molar-refractivity contribution is 14.1. The zero-order chi connectivity index (χ0) is 30.5. The maximum atomic E-state index is 12.1. The van der Waals surface area contributed by atoms with Gasteiger partial charge in [0.25, 0.3) is 0 Å². The van der Waals surface area contributed by atoms with Gasteiger partial charge < -0.3 is 23.7 Å². The zero-order valence-corrected chi connectivity index (χ0v) is 28.9. The number of methoxy groups -OCH3 is 1. The molecule has 0 radical (unpaired) electrons. The Morgan fingerprint density at radius 2 is 1.85 bits per heavy atom. The highest BCUT2D eigenvalue weighted by atomic mass is 127. The number of carboxylic acids is 1. The van der Waals surface area contributed by atoms with Gasteiger partial charge in [0.05, 0.1) is 19.6 Å². The summed E-state index contributed by atoms with van der Waals surface area (Å²) in [4.78, 5) is 12.1. The smallest absolute Gasteiger partial charge is 0.305 e. The van der Waals surface area contributed by atoms with Crippen LogP contribution in [0.3, 0.4) is 0 Å². The van der Waals surface area contributed by atoms with Gasteiger partial charge in [0.2, 0.25) is 0 Å². The van der Waals surface area contributed by atoms with Crippen molar-refractivity contribution in [2.75, 3.05) is 7.11 Å². The molecular formula is C32H49IO6Si. The second kappa shape index (κ2) is 14.1. The topological polar surface area (TPSA) is 74.2 Å². The lowest BCUT2D eigenvalue weighted by Crippen LogP contribution is -2.51. The van der Waals surface area contributed by atoms with Crippen LogP contribution >= 0.6 is 22.6 Å². The van der Waals surface area contributed by atoms with Crippen molar-refractivity contribution in [3.05, 3.63) is 64.8 Å². The van der Waals surface area contributed by atoms with Crippen LogP contribution in [-0.4, -0.2) is 44.3 Å². The summed E-state index contributed by atoms with van der Waals surface area (Å²) < 4.78 is 27.6. The maximum absolute atomic E-state index is 12.1. The summed E-state index contributed by atoms with van der Waals surface area (Å²) in [6, 6.07) is 7.66. The Balaban J connectivity index is 2.64. The van der Waals surface area contributed by atoms with Crippen molar-refractivity contribution in [2.24, 2.45) is 17.8 Å². The Bertz CT molecular complexity index is 1050. The minimum absolute atomic E-state index is 0.0133. The molecule has 7 atom stereocenters. The van der Waals surface area contributed by atoms with E-state index >= 15 is 0 Å². The third-order valence-corrected chi connectivity index (χ3v) is 14.3. The van der Waals surface area contributed by atoms with Crippen molar-refractivity contribution in [3.8, 4) is 5.75 Å². The molecule has 0 spiro atoms. The number of ether oxygens (including phenoxy) is 3. The first-order chi connectivity index (χ1) is 18.5. The van der Waals surface area contributed by atoms with Gasteiger partial charge in [-0.3, -0.25) is 4.79 Å². The predicted octanol–water partition coefficient (Wildman–Crippen LogP) is 8.70. The predicted molar refractivity (Wildman–Crippen MR) is 173 cm³/mol. The van der Waals surface area contributed by atoms with Crippen molar-refractivity contribution in [1.82, 2.24) is 0 Å². The van der Waals surface area contributed by atoms with Gasteiger partial charge in [-0.15, -0.1) is 13.2 Å². The Labute approximate surface area is 256 Å². The van der Waals surface area contributed by atoms with Crippen LogP contribution in [0.1, 0.15) is 66.2 Å². The van der Waals surface area contributed by atoms with E-state index in [-0.39, 0.29) is 29.2 Å². The van der Waals surface area contributed by atoms with Crippen LogP contribution in [0.4, 0.5) is 0 Å². The van der Waals surface area contributed by atoms with Crippen molar-refractivity contribution < 1.29 is 28.5 Å². The van der Waals surface area contributed by atoms with Gasteiger partial charge >= 0.3 is 5.97 Å². The molecule has 0 amide bonds. The van der Waals surface area contributed by atoms with Crippen molar-refractivity contribution in [3.63, 3.8) is 0 Å².